The van der Waals surface area contributed by atoms with Crippen LogP contribution < -0.4 is 10.1 Å². The van der Waals surface area contributed by atoms with Crippen molar-refractivity contribution in [3.63, 3.8) is 0 Å². The number of ether oxygens (including phenoxy) is 1. The average Bonchev–Trinajstić information content (AvgIpc) is 2.95. The molecule has 7 heteroatoms. The minimum Gasteiger partial charge on any atom is -0.482 e. The second-order valence-electron chi connectivity index (χ2n) is 5.52. The molecule has 1 aliphatic heterocycles. The summed E-state index contributed by atoms with van der Waals surface area (Å²) in [6.45, 7) is 1.54. The molecular weight excluding hydrogens is 352 g/mol. The summed E-state index contributed by atoms with van der Waals surface area (Å²) in [7, 11) is 0. The highest BCUT2D eigenvalue weighted by Crippen LogP contribution is 2.29. The van der Waals surface area contributed by atoms with Crippen molar-refractivity contribution in [2.24, 2.45) is 4.99 Å². The molecule has 2 aromatic rings. The van der Waals surface area contributed by atoms with E-state index >= 15 is 0 Å². The van der Waals surface area contributed by atoms with Crippen molar-refractivity contribution in [1.82, 2.24) is 5.32 Å². The molecule has 2 N–H and O–H groups in total. The third-order valence-electron chi connectivity index (χ3n) is 3.51. The first-order valence-electron chi connectivity index (χ1n) is 7.81. The van der Waals surface area contributed by atoms with Crippen LogP contribution in [0.25, 0.3) is 6.08 Å². The number of carbonyl (C=O) groups is 2. The van der Waals surface area contributed by atoms with Gasteiger partial charge in [0, 0.05) is 0 Å². The number of rotatable bonds is 5. The standard InChI is InChI=1S/C19H16N2O4S/c1-12-5-2-3-8-15(12)20-19-21-18(24)16(26-19)10-13-6-4-7-14(9-13)25-11-17(22)23/h2-10H,11H2,1H3,(H,22,23)(H,20,21,24)/b16-10+. The fraction of sp³-hybridized carbons (Fsp3) is 0.105. The number of nitrogens with zero attached hydrogens (tertiary/aromatic N) is 1. The number of aliphatic carboxylic acids is 1. The Bertz CT molecular complexity index is 921. The van der Waals surface area contributed by atoms with Crippen LogP contribution in [0.15, 0.2) is 58.4 Å². The van der Waals surface area contributed by atoms with E-state index in [0.29, 0.717) is 15.8 Å². The number of aryl methyl sites for hydroxylation is 1. The van der Waals surface area contributed by atoms with E-state index in [0.717, 1.165) is 16.8 Å². The number of benzene rings is 2. The molecule has 0 aromatic heterocycles. The molecule has 1 saturated heterocycles. The molecule has 0 radical (unpaired) electrons. The maximum absolute atomic E-state index is 12.2. The van der Waals surface area contributed by atoms with E-state index in [1.165, 1.54) is 11.8 Å². The third kappa shape index (κ3) is 4.52. The van der Waals surface area contributed by atoms with Gasteiger partial charge >= 0.3 is 5.97 Å². The van der Waals surface area contributed by atoms with Gasteiger partial charge in [0.25, 0.3) is 5.91 Å². The first kappa shape index (κ1) is 17.8. The van der Waals surface area contributed by atoms with E-state index in [4.69, 9.17) is 9.84 Å². The summed E-state index contributed by atoms with van der Waals surface area (Å²) >= 11 is 1.26. The number of para-hydroxylation sites is 1. The van der Waals surface area contributed by atoms with Crippen molar-refractivity contribution < 1.29 is 19.4 Å². The Morgan fingerprint density at radius 1 is 1.27 bits per heavy atom. The van der Waals surface area contributed by atoms with Crippen LogP contribution in [0.1, 0.15) is 11.1 Å². The van der Waals surface area contributed by atoms with E-state index < -0.39 is 12.6 Å². The first-order valence-corrected chi connectivity index (χ1v) is 8.63. The second kappa shape index (κ2) is 7.88. The van der Waals surface area contributed by atoms with Gasteiger partial charge in [-0.05, 0) is 54.1 Å². The summed E-state index contributed by atoms with van der Waals surface area (Å²) in [6.07, 6.45) is 1.72. The lowest BCUT2D eigenvalue weighted by atomic mass is 10.2. The normalized spacial score (nSPS) is 16.7. The number of carboxylic acids is 1. The zero-order chi connectivity index (χ0) is 18.5. The Labute approximate surface area is 154 Å². The number of nitrogens with one attached hydrogen (secondary N) is 1. The van der Waals surface area contributed by atoms with Gasteiger partial charge in [-0.25, -0.2) is 9.79 Å². The van der Waals surface area contributed by atoms with Crippen LogP contribution in [-0.2, 0) is 9.59 Å². The highest BCUT2D eigenvalue weighted by atomic mass is 32.2. The van der Waals surface area contributed by atoms with Crippen molar-refractivity contribution >= 4 is 40.6 Å². The van der Waals surface area contributed by atoms with Gasteiger partial charge in [-0.15, -0.1) is 0 Å². The van der Waals surface area contributed by atoms with Gasteiger partial charge in [0.2, 0.25) is 0 Å². The molecule has 6 nitrogen and oxygen atoms in total. The molecule has 2 aromatic carbocycles. The summed E-state index contributed by atoms with van der Waals surface area (Å²) < 4.78 is 5.15. The van der Waals surface area contributed by atoms with Crippen LogP contribution in [0.5, 0.6) is 5.75 Å². The molecule has 0 atom stereocenters. The summed E-state index contributed by atoms with van der Waals surface area (Å²) in [6, 6.07) is 14.6. The molecule has 0 aliphatic carbocycles. The molecule has 0 bridgehead atoms. The molecule has 0 unspecified atom stereocenters. The molecule has 0 spiro atoms. The zero-order valence-corrected chi connectivity index (χ0v) is 14.7. The summed E-state index contributed by atoms with van der Waals surface area (Å²) in [4.78, 5) is 27.7. The quantitative estimate of drug-likeness (QED) is 0.790. The molecule has 3 rings (SSSR count). The first-order chi connectivity index (χ1) is 12.5. The Morgan fingerprint density at radius 3 is 2.85 bits per heavy atom. The lowest BCUT2D eigenvalue weighted by Gasteiger charge is -2.03. The fourth-order valence-electron chi connectivity index (χ4n) is 2.27. The van der Waals surface area contributed by atoms with Gasteiger partial charge < -0.3 is 15.2 Å². The Balaban J connectivity index is 1.78. The largest absolute Gasteiger partial charge is 0.482 e. The highest BCUT2D eigenvalue weighted by Gasteiger charge is 2.24. The fourth-order valence-corrected chi connectivity index (χ4v) is 3.10. The van der Waals surface area contributed by atoms with Crippen LogP contribution in [0.4, 0.5) is 5.69 Å². The van der Waals surface area contributed by atoms with E-state index in [1.807, 2.05) is 37.3 Å². The van der Waals surface area contributed by atoms with Gasteiger partial charge in [-0.2, -0.15) is 0 Å². The smallest absolute Gasteiger partial charge is 0.341 e. The van der Waals surface area contributed by atoms with Crippen molar-refractivity contribution in [2.45, 2.75) is 6.92 Å². The van der Waals surface area contributed by atoms with Crippen molar-refractivity contribution in [1.29, 1.82) is 0 Å². The molecule has 26 heavy (non-hydrogen) atoms. The topological polar surface area (TPSA) is 88.0 Å². The molecule has 1 heterocycles. The van der Waals surface area contributed by atoms with E-state index in [2.05, 4.69) is 10.3 Å². The molecule has 1 amide bonds. The molecular formula is C19H16N2O4S. The second-order valence-corrected chi connectivity index (χ2v) is 6.55. The zero-order valence-electron chi connectivity index (χ0n) is 13.9. The SMILES string of the molecule is Cc1ccccc1N=C1NC(=O)/C(=C\c2cccc(OCC(=O)O)c2)S1. The summed E-state index contributed by atoms with van der Waals surface area (Å²) in [5.41, 5.74) is 2.57. The van der Waals surface area contributed by atoms with Crippen LogP contribution in [0.3, 0.4) is 0 Å². The number of amidine groups is 1. The Morgan fingerprint density at radius 2 is 2.08 bits per heavy atom. The number of thioether (sulfide) groups is 1. The lowest BCUT2D eigenvalue weighted by molar-refractivity contribution is -0.139. The predicted octanol–water partition coefficient (Wildman–Crippen LogP) is 3.35. The van der Waals surface area contributed by atoms with Gasteiger partial charge in [0.1, 0.15) is 5.75 Å². The van der Waals surface area contributed by atoms with E-state index in [-0.39, 0.29) is 5.91 Å². The van der Waals surface area contributed by atoms with E-state index in [9.17, 15) is 9.59 Å². The number of amides is 1. The molecule has 1 aliphatic rings. The van der Waals surface area contributed by atoms with Crippen LogP contribution >= 0.6 is 11.8 Å². The van der Waals surface area contributed by atoms with Gasteiger partial charge in [0.15, 0.2) is 11.8 Å². The summed E-state index contributed by atoms with van der Waals surface area (Å²) in [5, 5.41) is 11.9. The Kier molecular flexibility index (Phi) is 5.38. The van der Waals surface area contributed by atoms with Gasteiger partial charge in [0.05, 0.1) is 10.6 Å². The number of hydrogen-bond acceptors (Lipinski definition) is 5. The maximum atomic E-state index is 12.2. The Hall–Kier alpha value is -3.06. The molecule has 0 saturated carbocycles. The monoisotopic (exact) mass is 368 g/mol. The van der Waals surface area contributed by atoms with Gasteiger partial charge in [-0.1, -0.05) is 30.3 Å². The number of hydrogen-bond donors (Lipinski definition) is 2. The maximum Gasteiger partial charge on any atom is 0.341 e. The molecule has 1 fully saturated rings. The van der Waals surface area contributed by atoms with Crippen molar-refractivity contribution in [3.05, 3.63) is 64.6 Å². The van der Waals surface area contributed by atoms with Crippen molar-refractivity contribution in [2.75, 3.05) is 6.61 Å². The van der Waals surface area contributed by atoms with Crippen LogP contribution in [0, 0.1) is 6.92 Å². The summed E-state index contributed by atoms with van der Waals surface area (Å²) in [5.74, 6) is -0.838. The highest BCUT2D eigenvalue weighted by molar-refractivity contribution is 8.18. The van der Waals surface area contributed by atoms with Crippen LogP contribution in [-0.4, -0.2) is 28.8 Å². The minimum atomic E-state index is -1.04. The van der Waals surface area contributed by atoms with Gasteiger partial charge in [-0.3, -0.25) is 4.79 Å². The lowest BCUT2D eigenvalue weighted by Crippen LogP contribution is -2.19. The number of carboxylic acid groups (broad SMARTS) is 1. The van der Waals surface area contributed by atoms with E-state index in [1.54, 1.807) is 24.3 Å². The molecule has 132 valence electrons. The minimum absolute atomic E-state index is 0.223. The average molecular weight is 368 g/mol. The number of aliphatic imine (C=N–C) groups is 1. The number of carbonyl (C=O) groups excluding carboxylic acids is 1. The third-order valence-corrected chi connectivity index (χ3v) is 4.42. The van der Waals surface area contributed by atoms with Crippen molar-refractivity contribution in [3.8, 4) is 5.75 Å². The predicted molar refractivity (Wildman–Crippen MR) is 102 cm³/mol. The van der Waals surface area contributed by atoms with Crippen LogP contribution in [0.2, 0.25) is 0 Å².